The highest BCUT2D eigenvalue weighted by Crippen LogP contribution is 2.13. The van der Waals surface area contributed by atoms with Crippen LogP contribution in [0.3, 0.4) is 0 Å². The molecule has 0 aromatic heterocycles. The zero-order chi connectivity index (χ0) is 15.7. The van der Waals surface area contributed by atoms with Gasteiger partial charge >= 0.3 is 11.9 Å². The number of carbonyl (C=O) groups is 2. The second kappa shape index (κ2) is 8.84. The van der Waals surface area contributed by atoms with Gasteiger partial charge in [0.05, 0.1) is 13.2 Å². The monoisotopic (exact) mass is 294 g/mol. The summed E-state index contributed by atoms with van der Waals surface area (Å²) in [7, 11) is 0. The molecule has 1 aromatic rings. The van der Waals surface area contributed by atoms with Gasteiger partial charge in [-0.1, -0.05) is 6.92 Å². The van der Waals surface area contributed by atoms with Crippen molar-refractivity contribution in [1.82, 2.24) is 0 Å². The van der Waals surface area contributed by atoms with Crippen molar-refractivity contribution in [2.75, 3.05) is 24.3 Å². The van der Waals surface area contributed by atoms with Crippen molar-refractivity contribution in [3.63, 3.8) is 0 Å². The molecule has 0 fully saturated rings. The van der Waals surface area contributed by atoms with E-state index < -0.39 is 6.04 Å². The Labute approximate surface area is 124 Å². The summed E-state index contributed by atoms with van der Waals surface area (Å²) >= 11 is 0. The van der Waals surface area contributed by atoms with Gasteiger partial charge in [0.1, 0.15) is 6.04 Å². The number of nitrogens with one attached hydrogen (secondary N) is 1. The first-order valence-corrected chi connectivity index (χ1v) is 7.01. The highest BCUT2D eigenvalue weighted by molar-refractivity contribution is 5.79. The van der Waals surface area contributed by atoms with Crippen LogP contribution in [0.2, 0.25) is 0 Å². The Kier molecular flexibility index (Phi) is 7.08. The van der Waals surface area contributed by atoms with E-state index in [1.54, 1.807) is 38.1 Å². The molecule has 0 unspecified atom stereocenters. The molecular formula is C15H22N2O4. The third-order valence-corrected chi connectivity index (χ3v) is 2.78. The minimum atomic E-state index is -0.571. The largest absolute Gasteiger partial charge is 0.466 e. The summed E-state index contributed by atoms with van der Waals surface area (Å²) in [6, 6.07) is 6.46. The molecule has 21 heavy (non-hydrogen) atoms. The molecule has 0 spiro atoms. The van der Waals surface area contributed by atoms with Crippen LogP contribution < -0.4 is 11.1 Å². The van der Waals surface area contributed by atoms with Crippen LogP contribution in [0.4, 0.5) is 11.4 Å². The molecule has 1 aromatic carbocycles. The van der Waals surface area contributed by atoms with Gasteiger partial charge in [-0.15, -0.1) is 0 Å². The van der Waals surface area contributed by atoms with Crippen molar-refractivity contribution in [2.45, 2.75) is 32.7 Å². The topological polar surface area (TPSA) is 90.6 Å². The fourth-order valence-corrected chi connectivity index (χ4v) is 1.66. The summed E-state index contributed by atoms with van der Waals surface area (Å²) in [5, 5.41) is 3.06. The fraction of sp³-hybridized carbons (Fsp3) is 0.467. The maximum absolute atomic E-state index is 11.9. The van der Waals surface area contributed by atoms with Gasteiger partial charge in [-0.05, 0) is 31.2 Å². The molecule has 0 saturated carbocycles. The molecule has 1 rings (SSSR count). The predicted molar refractivity (Wildman–Crippen MR) is 80.8 cm³/mol. The zero-order valence-electron chi connectivity index (χ0n) is 12.4. The maximum atomic E-state index is 11.9. The van der Waals surface area contributed by atoms with Gasteiger partial charge in [0.15, 0.2) is 0 Å². The minimum absolute atomic E-state index is 0.165. The second-order valence-corrected chi connectivity index (χ2v) is 4.43. The number of esters is 2. The number of hydrogen-bond acceptors (Lipinski definition) is 6. The molecule has 0 aliphatic heterocycles. The van der Waals surface area contributed by atoms with Gasteiger partial charge < -0.3 is 20.5 Å². The third kappa shape index (κ3) is 6.16. The number of carbonyl (C=O) groups excluding carboxylic acids is 2. The second-order valence-electron chi connectivity index (χ2n) is 4.43. The number of ether oxygens (including phenoxy) is 2. The SMILES string of the molecule is CCOC(=O)[C@H](CCOC(=O)CC)Nc1ccc(N)cc1. The highest BCUT2D eigenvalue weighted by Gasteiger charge is 2.20. The number of nitrogen functional groups attached to an aromatic ring is 1. The lowest BCUT2D eigenvalue weighted by molar-refractivity contribution is -0.147. The van der Waals surface area contributed by atoms with Crippen molar-refractivity contribution in [2.24, 2.45) is 0 Å². The molecule has 116 valence electrons. The predicted octanol–water partition coefficient (Wildman–Crippen LogP) is 1.96. The third-order valence-electron chi connectivity index (χ3n) is 2.78. The van der Waals surface area contributed by atoms with Crippen molar-refractivity contribution >= 4 is 23.3 Å². The van der Waals surface area contributed by atoms with Crippen molar-refractivity contribution < 1.29 is 19.1 Å². The average Bonchev–Trinajstić information content (AvgIpc) is 2.48. The first-order chi connectivity index (χ1) is 10.1. The number of benzene rings is 1. The lowest BCUT2D eigenvalue weighted by atomic mass is 10.2. The quantitative estimate of drug-likeness (QED) is 0.562. The molecule has 0 saturated heterocycles. The number of nitrogens with two attached hydrogens (primary N) is 1. The summed E-state index contributed by atoms with van der Waals surface area (Å²) in [6.07, 6.45) is 0.657. The summed E-state index contributed by atoms with van der Waals surface area (Å²) in [6.45, 7) is 3.93. The Balaban J connectivity index is 2.61. The minimum Gasteiger partial charge on any atom is -0.466 e. The van der Waals surface area contributed by atoms with Gasteiger partial charge in [-0.25, -0.2) is 4.79 Å². The van der Waals surface area contributed by atoms with E-state index in [0.717, 1.165) is 5.69 Å². The van der Waals surface area contributed by atoms with E-state index in [1.165, 1.54) is 0 Å². The van der Waals surface area contributed by atoms with Gasteiger partial charge in [0.2, 0.25) is 0 Å². The molecule has 3 N–H and O–H groups in total. The van der Waals surface area contributed by atoms with Crippen LogP contribution in [0, 0.1) is 0 Å². The van der Waals surface area contributed by atoms with E-state index in [9.17, 15) is 9.59 Å². The molecule has 0 heterocycles. The molecule has 0 aliphatic carbocycles. The van der Waals surface area contributed by atoms with Gasteiger partial charge in [0.25, 0.3) is 0 Å². The average molecular weight is 294 g/mol. The normalized spacial score (nSPS) is 11.5. The Bertz CT molecular complexity index is 459. The number of rotatable bonds is 8. The van der Waals surface area contributed by atoms with E-state index in [-0.39, 0.29) is 18.5 Å². The molecule has 6 heteroatoms. The Morgan fingerprint density at radius 3 is 2.43 bits per heavy atom. The van der Waals surface area contributed by atoms with E-state index in [1.807, 2.05) is 0 Å². The molecule has 0 bridgehead atoms. The van der Waals surface area contributed by atoms with Crippen LogP contribution in [0.25, 0.3) is 0 Å². The summed E-state index contributed by atoms with van der Waals surface area (Å²) in [5.74, 6) is -0.660. The lowest BCUT2D eigenvalue weighted by Gasteiger charge is -2.18. The van der Waals surface area contributed by atoms with Crippen LogP contribution in [-0.4, -0.2) is 31.2 Å². The zero-order valence-corrected chi connectivity index (χ0v) is 12.4. The van der Waals surface area contributed by atoms with Crippen LogP contribution in [0.1, 0.15) is 26.7 Å². The van der Waals surface area contributed by atoms with E-state index in [0.29, 0.717) is 25.1 Å². The van der Waals surface area contributed by atoms with E-state index in [2.05, 4.69) is 5.32 Å². The summed E-state index contributed by atoms with van der Waals surface area (Å²) in [4.78, 5) is 23.0. The molecule has 0 amide bonds. The molecule has 0 radical (unpaired) electrons. The summed E-state index contributed by atoms with van der Waals surface area (Å²) < 4.78 is 10.0. The van der Waals surface area contributed by atoms with Gasteiger partial charge in [-0.3, -0.25) is 4.79 Å². The van der Waals surface area contributed by atoms with E-state index in [4.69, 9.17) is 15.2 Å². The molecular weight excluding hydrogens is 272 g/mol. The maximum Gasteiger partial charge on any atom is 0.328 e. The lowest BCUT2D eigenvalue weighted by Crippen LogP contribution is -2.33. The highest BCUT2D eigenvalue weighted by atomic mass is 16.5. The Morgan fingerprint density at radius 1 is 1.19 bits per heavy atom. The fourth-order valence-electron chi connectivity index (χ4n) is 1.66. The number of hydrogen-bond donors (Lipinski definition) is 2. The molecule has 0 aliphatic rings. The Hall–Kier alpha value is -2.24. The van der Waals surface area contributed by atoms with Crippen LogP contribution in [-0.2, 0) is 19.1 Å². The van der Waals surface area contributed by atoms with E-state index >= 15 is 0 Å². The van der Waals surface area contributed by atoms with Crippen LogP contribution in [0.5, 0.6) is 0 Å². The van der Waals surface area contributed by atoms with Crippen molar-refractivity contribution in [1.29, 1.82) is 0 Å². The molecule has 6 nitrogen and oxygen atoms in total. The van der Waals surface area contributed by atoms with Crippen LogP contribution >= 0.6 is 0 Å². The van der Waals surface area contributed by atoms with Crippen molar-refractivity contribution in [3.05, 3.63) is 24.3 Å². The van der Waals surface area contributed by atoms with Crippen molar-refractivity contribution in [3.8, 4) is 0 Å². The standard InChI is InChI=1S/C15H22N2O4/c1-3-14(18)21-10-9-13(15(19)20-4-2)17-12-7-5-11(16)6-8-12/h5-8,13,17H,3-4,9-10,16H2,1-2H3/t13-/m0/s1. The molecule has 1 atom stereocenters. The number of anilines is 2. The smallest absolute Gasteiger partial charge is 0.328 e. The van der Waals surface area contributed by atoms with Gasteiger partial charge in [0, 0.05) is 24.2 Å². The van der Waals surface area contributed by atoms with Crippen LogP contribution in [0.15, 0.2) is 24.3 Å². The summed E-state index contributed by atoms with van der Waals surface area (Å²) in [5.41, 5.74) is 7.01. The van der Waals surface area contributed by atoms with Gasteiger partial charge in [-0.2, -0.15) is 0 Å². The Morgan fingerprint density at radius 2 is 1.86 bits per heavy atom. The first kappa shape index (κ1) is 16.8. The first-order valence-electron chi connectivity index (χ1n) is 7.01.